The van der Waals surface area contributed by atoms with Crippen molar-refractivity contribution in [1.29, 1.82) is 0 Å². The van der Waals surface area contributed by atoms with Crippen molar-refractivity contribution in [2.75, 3.05) is 6.54 Å². The van der Waals surface area contributed by atoms with Crippen molar-refractivity contribution >= 4 is 17.3 Å². The predicted octanol–water partition coefficient (Wildman–Crippen LogP) is 2.43. The SMILES string of the molecule is CC(C)CC1(CNC(N)=S)CCCC1. The van der Waals surface area contributed by atoms with Crippen LogP contribution in [0.4, 0.5) is 0 Å². The van der Waals surface area contributed by atoms with Crippen LogP contribution in [0.1, 0.15) is 46.0 Å². The lowest BCUT2D eigenvalue weighted by molar-refractivity contribution is 0.235. The molecule has 1 fully saturated rings. The van der Waals surface area contributed by atoms with Crippen molar-refractivity contribution in [3.05, 3.63) is 0 Å². The van der Waals surface area contributed by atoms with Crippen molar-refractivity contribution < 1.29 is 0 Å². The monoisotopic (exact) mass is 214 g/mol. The molecule has 0 aromatic heterocycles. The molecule has 0 unspecified atom stereocenters. The van der Waals surface area contributed by atoms with Gasteiger partial charge >= 0.3 is 0 Å². The summed E-state index contributed by atoms with van der Waals surface area (Å²) >= 11 is 4.86. The van der Waals surface area contributed by atoms with E-state index in [0.717, 1.165) is 12.5 Å². The highest BCUT2D eigenvalue weighted by Gasteiger charge is 2.34. The lowest BCUT2D eigenvalue weighted by atomic mass is 9.78. The van der Waals surface area contributed by atoms with Crippen molar-refractivity contribution in [1.82, 2.24) is 5.32 Å². The highest BCUT2D eigenvalue weighted by atomic mass is 32.1. The summed E-state index contributed by atoms with van der Waals surface area (Å²) in [5.74, 6) is 0.765. The van der Waals surface area contributed by atoms with Gasteiger partial charge in [-0.3, -0.25) is 0 Å². The van der Waals surface area contributed by atoms with Gasteiger partial charge in [-0.25, -0.2) is 0 Å². The Balaban J connectivity index is 2.48. The van der Waals surface area contributed by atoms with Crippen LogP contribution in [-0.2, 0) is 0 Å². The van der Waals surface area contributed by atoms with E-state index >= 15 is 0 Å². The van der Waals surface area contributed by atoms with E-state index in [1.54, 1.807) is 0 Å². The van der Waals surface area contributed by atoms with Gasteiger partial charge in [0.2, 0.25) is 0 Å². The zero-order chi connectivity index (χ0) is 10.6. The fourth-order valence-corrected chi connectivity index (χ4v) is 2.79. The number of thiocarbonyl (C=S) groups is 1. The summed E-state index contributed by atoms with van der Waals surface area (Å²) in [7, 11) is 0. The molecular weight excluding hydrogens is 192 g/mol. The third-order valence-corrected chi connectivity index (χ3v) is 3.29. The first kappa shape index (κ1) is 11.8. The summed E-state index contributed by atoms with van der Waals surface area (Å²) in [6.45, 7) is 5.56. The molecule has 0 saturated heterocycles. The fourth-order valence-electron chi connectivity index (χ4n) is 2.72. The van der Waals surface area contributed by atoms with Crippen LogP contribution in [-0.4, -0.2) is 11.7 Å². The number of nitrogens with one attached hydrogen (secondary N) is 1. The smallest absolute Gasteiger partial charge is 0.163 e. The number of rotatable bonds is 4. The van der Waals surface area contributed by atoms with Gasteiger partial charge in [0.05, 0.1) is 0 Å². The van der Waals surface area contributed by atoms with Crippen LogP contribution in [0.2, 0.25) is 0 Å². The van der Waals surface area contributed by atoms with E-state index in [1.165, 1.54) is 32.1 Å². The highest BCUT2D eigenvalue weighted by Crippen LogP contribution is 2.42. The maximum Gasteiger partial charge on any atom is 0.163 e. The van der Waals surface area contributed by atoms with Gasteiger partial charge < -0.3 is 11.1 Å². The van der Waals surface area contributed by atoms with Gasteiger partial charge in [0.1, 0.15) is 0 Å². The van der Waals surface area contributed by atoms with Crippen LogP contribution < -0.4 is 11.1 Å². The normalized spacial score (nSPS) is 19.9. The van der Waals surface area contributed by atoms with Gasteiger partial charge in [0.25, 0.3) is 0 Å². The lowest BCUT2D eigenvalue weighted by Crippen LogP contribution is -2.39. The second-order valence-corrected chi connectivity index (χ2v) is 5.46. The topological polar surface area (TPSA) is 38.0 Å². The van der Waals surface area contributed by atoms with Crippen molar-refractivity contribution in [3.63, 3.8) is 0 Å². The van der Waals surface area contributed by atoms with E-state index in [0.29, 0.717) is 10.5 Å². The van der Waals surface area contributed by atoms with Crippen LogP contribution in [0, 0.1) is 11.3 Å². The Morgan fingerprint density at radius 3 is 2.43 bits per heavy atom. The summed E-state index contributed by atoms with van der Waals surface area (Å²) in [6.07, 6.45) is 6.70. The van der Waals surface area contributed by atoms with E-state index in [9.17, 15) is 0 Å². The van der Waals surface area contributed by atoms with Crippen LogP contribution in [0.15, 0.2) is 0 Å². The molecule has 0 radical (unpaired) electrons. The van der Waals surface area contributed by atoms with E-state index < -0.39 is 0 Å². The molecule has 3 heteroatoms. The van der Waals surface area contributed by atoms with Crippen molar-refractivity contribution in [2.45, 2.75) is 46.0 Å². The molecule has 14 heavy (non-hydrogen) atoms. The summed E-state index contributed by atoms with van der Waals surface area (Å²) < 4.78 is 0. The summed E-state index contributed by atoms with van der Waals surface area (Å²) in [5, 5.41) is 3.59. The molecule has 0 aromatic carbocycles. The molecule has 0 spiro atoms. The average molecular weight is 214 g/mol. The predicted molar refractivity (Wildman–Crippen MR) is 65.1 cm³/mol. The van der Waals surface area contributed by atoms with Gasteiger partial charge in [-0.2, -0.15) is 0 Å². The largest absolute Gasteiger partial charge is 0.376 e. The van der Waals surface area contributed by atoms with Gasteiger partial charge in [0.15, 0.2) is 5.11 Å². The molecule has 0 aromatic rings. The Hall–Kier alpha value is -0.310. The third kappa shape index (κ3) is 3.45. The molecule has 1 aliphatic carbocycles. The Morgan fingerprint density at radius 2 is 2.00 bits per heavy atom. The molecule has 2 nitrogen and oxygen atoms in total. The Kier molecular flexibility index (Phi) is 4.17. The van der Waals surface area contributed by atoms with Gasteiger partial charge in [-0.15, -0.1) is 0 Å². The summed E-state index contributed by atoms with van der Waals surface area (Å²) in [4.78, 5) is 0. The summed E-state index contributed by atoms with van der Waals surface area (Å²) in [5.41, 5.74) is 5.95. The molecule has 0 atom stereocenters. The molecule has 82 valence electrons. The summed E-state index contributed by atoms with van der Waals surface area (Å²) in [6, 6.07) is 0. The van der Waals surface area contributed by atoms with Crippen LogP contribution in [0.5, 0.6) is 0 Å². The molecule has 1 saturated carbocycles. The molecule has 1 aliphatic rings. The van der Waals surface area contributed by atoms with Crippen LogP contribution >= 0.6 is 12.2 Å². The molecule has 0 heterocycles. The first-order valence-corrected chi connectivity index (χ1v) is 5.98. The molecule has 0 amide bonds. The van der Waals surface area contributed by atoms with Crippen molar-refractivity contribution in [3.8, 4) is 0 Å². The van der Waals surface area contributed by atoms with Gasteiger partial charge in [-0.1, -0.05) is 26.7 Å². The maximum atomic E-state index is 5.48. The quantitative estimate of drug-likeness (QED) is 0.706. The van der Waals surface area contributed by atoms with E-state index in [1.807, 2.05) is 0 Å². The Morgan fingerprint density at radius 1 is 1.43 bits per heavy atom. The van der Waals surface area contributed by atoms with Crippen molar-refractivity contribution in [2.24, 2.45) is 17.1 Å². The molecule has 1 rings (SSSR count). The lowest BCUT2D eigenvalue weighted by Gasteiger charge is -2.31. The van der Waals surface area contributed by atoms with Crippen LogP contribution in [0.3, 0.4) is 0 Å². The molecule has 3 N–H and O–H groups in total. The maximum absolute atomic E-state index is 5.48. The average Bonchev–Trinajstić information content (AvgIpc) is 2.49. The first-order valence-electron chi connectivity index (χ1n) is 5.57. The molecule has 0 bridgehead atoms. The zero-order valence-corrected chi connectivity index (χ0v) is 10.1. The first-order chi connectivity index (χ1) is 6.54. The second kappa shape index (κ2) is 4.96. The number of hydrogen-bond acceptors (Lipinski definition) is 1. The number of nitrogens with two attached hydrogens (primary N) is 1. The van der Waals surface area contributed by atoms with Gasteiger partial charge in [-0.05, 0) is 42.8 Å². The zero-order valence-electron chi connectivity index (χ0n) is 9.31. The third-order valence-electron chi connectivity index (χ3n) is 3.14. The minimum Gasteiger partial charge on any atom is -0.376 e. The minimum absolute atomic E-state index is 0.444. The highest BCUT2D eigenvalue weighted by molar-refractivity contribution is 7.80. The van der Waals surface area contributed by atoms with E-state index in [4.69, 9.17) is 18.0 Å². The second-order valence-electron chi connectivity index (χ2n) is 5.02. The minimum atomic E-state index is 0.444. The molecule has 0 aliphatic heterocycles. The van der Waals surface area contributed by atoms with Gasteiger partial charge in [0, 0.05) is 6.54 Å². The molecular formula is C11H22N2S. The van der Waals surface area contributed by atoms with Crippen LogP contribution in [0.25, 0.3) is 0 Å². The fraction of sp³-hybridized carbons (Fsp3) is 0.909. The number of hydrogen-bond donors (Lipinski definition) is 2. The van der Waals surface area contributed by atoms with E-state index in [2.05, 4.69) is 19.2 Å². The Labute approximate surface area is 92.6 Å². The standard InChI is InChI=1S/C11H22N2S/c1-9(2)7-11(5-3-4-6-11)8-13-10(12)14/h9H,3-8H2,1-2H3,(H3,12,13,14). The Bertz CT molecular complexity index is 195. The van der Waals surface area contributed by atoms with E-state index in [-0.39, 0.29) is 0 Å².